The smallest absolute Gasteiger partial charge is 0.133 e. The molecule has 4 saturated carbocycles. The fourth-order valence-electron chi connectivity index (χ4n) is 8.41. The number of carbonyl (C=O) groups is 1. The van der Waals surface area contributed by atoms with E-state index in [1.165, 1.54) is 51.4 Å². The molecule has 1 N–H and O–H groups in total. The van der Waals surface area contributed by atoms with Gasteiger partial charge < -0.3 is 5.11 Å². The molecule has 0 unspecified atom stereocenters. The number of Topliss-reactive ketones (excluding diaryl/α,β-unsaturated/α-hetero) is 1. The van der Waals surface area contributed by atoms with Crippen molar-refractivity contribution in [2.24, 2.45) is 40.4 Å². The van der Waals surface area contributed by atoms with Gasteiger partial charge in [-0.3, -0.25) is 4.79 Å². The Bertz CT molecular complexity index is 567. The molecule has 148 valence electrons. The number of hydrogen-bond acceptors (Lipinski definition) is 2. The van der Waals surface area contributed by atoms with Crippen molar-refractivity contribution < 1.29 is 9.90 Å². The Kier molecular flexibility index (Phi) is 4.61. The third-order valence-corrected chi connectivity index (χ3v) is 10.0. The van der Waals surface area contributed by atoms with Crippen molar-refractivity contribution in [1.29, 1.82) is 0 Å². The summed E-state index contributed by atoms with van der Waals surface area (Å²) < 4.78 is 0. The molecule has 0 aromatic carbocycles. The van der Waals surface area contributed by atoms with E-state index in [1.807, 2.05) is 6.92 Å². The number of carbonyl (C=O) groups excluding carboxylic acids is 1. The van der Waals surface area contributed by atoms with Gasteiger partial charge in [-0.1, -0.05) is 20.3 Å². The summed E-state index contributed by atoms with van der Waals surface area (Å²) >= 11 is 0. The topological polar surface area (TPSA) is 37.3 Å². The van der Waals surface area contributed by atoms with Crippen LogP contribution >= 0.6 is 0 Å². The molecule has 0 aliphatic heterocycles. The standard InChI is InChI=1S/C24H40O2/c1-16(25)19-6-5-7-20-18-9-8-17-10-12-22(2,26)14-15-23(17,3)21(18)11-13-24(19,20)4/h17-21,26H,5-15H2,1-4H3/t17-,18+,19-,20+,21+,22+,23+,24-/m1/s1. The molecule has 4 aliphatic carbocycles. The number of ketones is 1. The molecule has 0 aromatic rings. The lowest BCUT2D eigenvalue weighted by atomic mass is 9.42. The van der Waals surface area contributed by atoms with Crippen molar-refractivity contribution in [3.05, 3.63) is 0 Å². The number of aliphatic hydroxyl groups is 1. The van der Waals surface area contributed by atoms with Crippen LogP contribution in [-0.4, -0.2) is 16.5 Å². The van der Waals surface area contributed by atoms with Crippen LogP contribution in [-0.2, 0) is 4.79 Å². The van der Waals surface area contributed by atoms with Crippen molar-refractivity contribution >= 4 is 5.78 Å². The van der Waals surface area contributed by atoms with Crippen molar-refractivity contribution in [3.63, 3.8) is 0 Å². The Morgan fingerprint density at radius 3 is 2.27 bits per heavy atom. The van der Waals surface area contributed by atoms with E-state index >= 15 is 0 Å². The second-order valence-corrected chi connectivity index (χ2v) is 11.3. The second kappa shape index (κ2) is 6.33. The summed E-state index contributed by atoms with van der Waals surface area (Å²) in [4.78, 5) is 12.4. The van der Waals surface area contributed by atoms with Gasteiger partial charge in [-0.2, -0.15) is 0 Å². The summed E-state index contributed by atoms with van der Waals surface area (Å²) in [5, 5.41) is 10.7. The monoisotopic (exact) mass is 360 g/mol. The summed E-state index contributed by atoms with van der Waals surface area (Å²) in [7, 11) is 0. The first-order valence-electron chi connectivity index (χ1n) is 11.4. The normalized spacial score (nSPS) is 54.4. The molecule has 0 spiro atoms. The molecular weight excluding hydrogens is 320 g/mol. The summed E-state index contributed by atoms with van der Waals surface area (Å²) in [6.45, 7) is 8.94. The maximum Gasteiger partial charge on any atom is 0.133 e. The molecular formula is C24H40O2. The number of fused-ring (bicyclic) bond motifs is 5. The lowest BCUT2D eigenvalue weighted by molar-refractivity contribution is -0.150. The molecule has 2 nitrogen and oxygen atoms in total. The second-order valence-electron chi connectivity index (χ2n) is 11.3. The Labute approximate surface area is 160 Å². The third kappa shape index (κ3) is 2.81. The van der Waals surface area contributed by atoms with Crippen LogP contribution in [0.4, 0.5) is 0 Å². The molecule has 0 aromatic heterocycles. The Morgan fingerprint density at radius 1 is 0.808 bits per heavy atom. The average Bonchev–Trinajstić information content (AvgIpc) is 2.70. The van der Waals surface area contributed by atoms with Gasteiger partial charge in [-0.15, -0.1) is 0 Å². The van der Waals surface area contributed by atoms with Gasteiger partial charge in [0.15, 0.2) is 0 Å². The van der Waals surface area contributed by atoms with Crippen molar-refractivity contribution in [2.45, 2.75) is 104 Å². The van der Waals surface area contributed by atoms with Gasteiger partial charge in [0.05, 0.1) is 5.60 Å². The zero-order valence-electron chi connectivity index (χ0n) is 17.5. The number of hydrogen-bond donors (Lipinski definition) is 1. The highest BCUT2D eigenvalue weighted by molar-refractivity contribution is 5.79. The van der Waals surface area contributed by atoms with E-state index in [0.717, 1.165) is 42.9 Å². The first kappa shape index (κ1) is 19.0. The van der Waals surface area contributed by atoms with E-state index in [0.29, 0.717) is 17.1 Å². The van der Waals surface area contributed by atoms with Gasteiger partial charge in [0, 0.05) is 5.92 Å². The minimum Gasteiger partial charge on any atom is -0.390 e. The molecule has 8 atom stereocenters. The summed E-state index contributed by atoms with van der Waals surface area (Å²) in [6.07, 6.45) is 13.4. The van der Waals surface area contributed by atoms with Crippen LogP contribution in [0.2, 0.25) is 0 Å². The van der Waals surface area contributed by atoms with Crippen LogP contribution in [0.3, 0.4) is 0 Å². The summed E-state index contributed by atoms with van der Waals surface area (Å²) in [5.74, 6) is 3.95. The van der Waals surface area contributed by atoms with Gasteiger partial charge >= 0.3 is 0 Å². The van der Waals surface area contributed by atoms with Gasteiger partial charge in [0.2, 0.25) is 0 Å². The molecule has 0 saturated heterocycles. The molecule has 0 bridgehead atoms. The zero-order chi connectivity index (χ0) is 18.7. The summed E-state index contributed by atoms with van der Waals surface area (Å²) in [6, 6.07) is 0. The van der Waals surface area contributed by atoms with Gasteiger partial charge in [0.1, 0.15) is 5.78 Å². The molecule has 4 fully saturated rings. The van der Waals surface area contributed by atoms with Gasteiger partial charge in [-0.05, 0) is 113 Å². The SMILES string of the molecule is CC(=O)[C@H]1CCC[C@H]2[C@@H]3CC[C@@H]4CC[C@](C)(O)CC[C@]4(C)[C@H]3CC[C@]12C. The minimum atomic E-state index is -0.455. The first-order valence-corrected chi connectivity index (χ1v) is 11.4. The van der Waals surface area contributed by atoms with E-state index in [1.54, 1.807) is 0 Å². The van der Waals surface area contributed by atoms with Crippen molar-refractivity contribution in [3.8, 4) is 0 Å². The predicted octanol–water partition coefficient (Wildman–Crippen LogP) is 5.77. The quantitative estimate of drug-likeness (QED) is 0.645. The molecule has 0 heterocycles. The zero-order valence-corrected chi connectivity index (χ0v) is 17.5. The van der Waals surface area contributed by atoms with Crippen molar-refractivity contribution in [1.82, 2.24) is 0 Å². The van der Waals surface area contributed by atoms with Crippen LogP contribution < -0.4 is 0 Å². The molecule has 2 heteroatoms. The van der Waals surface area contributed by atoms with E-state index in [9.17, 15) is 9.90 Å². The first-order chi connectivity index (χ1) is 12.2. The maximum absolute atomic E-state index is 12.4. The van der Waals surface area contributed by atoms with Gasteiger partial charge in [0.25, 0.3) is 0 Å². The highest BCUT2D eigenvalue weighted by atomic mass is 16.3. The molecule has 26 heavy (non-hydrogen) atoms. The predicted molar refractivity (Wildman–Crippen MR) is 106 cm³/mol. The number of rotatable bonds is 1. The molecule has 0 amide bonds. The molecule has 4 aliphatic rings. The van der Waals surface area contributed by atoms with Crippen LogP contribution in [0.1, 0.15) is 98.3 Å². The third-order valence-electron chi connectivity index (χ3n) is 10.0. The fraction of sp³-hybridized carbons (Fsp3) is 0.958. The largest absolute Gasteiger partial charge is 0.390 e. The van der Waals surface area contributed by atoms with Crippen LogP contribution in [0.5, 0.6) is 0 Å². The fourth-order valence-corrected chi connectivity index (χ4v) is 8.41. The highest BCUT2D eigenvalue weighted by Crippen LogP contribution is 2.66. The lowest BCUT2D eigenvalue weighted by Gasteiger charge is -2.62. The minimum absolute atomic E-state index is 0.255. The maximum atomic E-state index is 12.4. The van der Waals surface area contributed by atoms with E-state index in [4.69, 9.17) is 0 Å². The summed E-state index contributed by atoms with van der Waals surface area (Å²) in [5.41, 5.74) is 0.210. The Morgan fingerprint density at radius 2 is 1.54 bits per heavy atom. The van der Waals surface area contributed by atoms with Crippen molar-refractivity contribution in [2.75, 3.05) is 0 Å². The van der Waals surface area contributed by atoms with Gasteiger partial charge in [-0.25, -0.2) is 0 Å². The van der Waals surface area contributed by atoms with E-state index in [-0.39, 0.29) is 5.41 Å². The lowest BCUT2D eigenvalue weighted by Crippen LogP contribution is -2.55. The van der Waals surface area contributed by atoms with E-state index in [2.05, 4.69) is 20.8 Å². The van der Waals surface area contributed by atoms with Crippen LogP contribution in [0, 0.1) is 40.4 Å². The molecule has 4 rings (SSSR count). The Hall–Kier alpha value is -0.370. The average molecular weight is 361 g/mol. The van der Waals surface area contributed by atoms with Crippen LogP contribution in [0.15, 0.2) is 0 Å². The Balaban J connectivity index is 1.63. The van der Waals surface area contributed by atoms with Crippen LogP contribution in [0.25, 0.3) is 0 Å². The highest BCUT2D eigenvalue weighted by Gasteiger charge is 2.59. The van der Waals surface area contributed by atoms with E-state index < -0.39 is 5.60 Å². The molecule has 0 radical (unpaired) electrons.